The minimum atomic E-state index is -1.02. The van der Waals surface area contributed by atoms with Crippen molar-refractivity contribution in [3.63, 3.8) is 0 Å². The van der Waals surface area contributed by atoms with Crippen LogP contribution in [0.25, 0.3) is 5.57 Å². The van der Waals surface area contributed by atoms with E-state index in [9.17, 15) is 14.7 Å². The molecule has 5 nitrogen and oxygen atoms in total. The Kier molecular flexibility index (Phi) is 3.49. The zero-order chi connectivity index (χ0) is 16.7. The van der Waals surface area contributed by atoms with Crippen molar-refractivity contribution < 1.29 is 14.7 Å². The van der Waals surface area contributed by atoms with Crippen LogP contribution in [0.15, 0.2) is 59.7 Å². The average molecular weight is 322 g/mol. The van der Waals surface area contributed by atoms with Gasteiger partial charge in [-0.2, -0.15) is 0 Å². The molecule has 0 saturated carbocycles. The van der Waals surface area contributed by atoms with Gasteiger partial charge in [-0.25, -0.2) is 4.79 Å². The van der Waals surface area contributed by atoms with Crippen LogP contribution in [0, 0.1) is 0 Å². The summed E-state index contributed by atoms with van der Waals surface area (Å²) < 4.78 is 0. The largest absolute Gasteiger partial charge is 0.465 e. The Balaban J connectivity index is 1.49. The maximum Gasteiger partial charge on any atom is 0.407 e. The standard InChI is InChI=1S/C19H18N2O3/c22-18(16-7-4-10-21(16)19(23)24)20-17-13-8-9-14(15(17)11-13)12-5-2-1-3-6-12/h1-3,5-6,8-9,11,16-17H,4,7,10H2,(H,20,22)(H,23,24). The molecule has 0 aromatic heterocycles. The van der Waals surface area contributed by atoms with Crippen LogP contribution in [0.5, 0.6) is 0 Å². The van der Waals surface area contributed by atoms with Crippen molar-refractivity contribution in [1.29, 1.82) is 0 Å². The van der Waals surface area contributed by atoms with Gasteiger partial charge in [-0.3, -0.25) is 9.69 Å². The van der Waals surface area contributed by atoms with Crippen molar-refractivity contribution in [3.05, 3.63) is 65.3 Å². The summed E-state index contributed by atoms with van der Waals surface area (Å²) in [6.07, 6.45) is 6.47. The van der Waals surface area contributed by atoms with Crippen molar-refractivity contribution in [3.8, 4) is 0 Å². The van der Waals surface area contributed by atoms with Gasteiger partial charge in [-0.05, 0) is 35.1 Å². The Morgan fingerprint density at radius 2 is 1.96 bits per heavy atom. The van der Waals surface area contributed by atoms with E-state index >= 15 is 0 Å². The zero-order valence-corrected chi connectivity index (χ0v) is 13.1. The summed E-state index contributed by atoms with van der Waals surface area (Å²) in [6.45, 7) is 0.429. The molecule has 2 aliphatic carbocycles. The van der Waals surface area contributed by atoms with Gasteiger partial charge in [0.25, 0.3) is 0 Å². The summed E-state index contributed by atoms with van der Waals surface area (Å²) in [6, 6.07) is 9.35. The number of hydrogen-bond donors (Lipinski definition) is 2. The van der Waals surface area contributed by atoms with Crippen LogP contribution in [0.3, 0.4) is 0 Å². The first kappa shape index (κ1) is 14.8. The Morgan fingerprint density at radius 1 is 1.17 bits per heavy atom. The fraction of sp³-hybridized carbons (Fsp3) is 0.263. The maximum absolute atomic E-state index is 12.5. The molecule has 1 saturated heterocycles. The van der Waals surface area contributed by atoms with Crippen molar-refractivity contribution in [2.24, 2.45) is 0 Å². The lowest BCUT2D eigenvalue weighted by Crippen LogP contribution is -2.51. The van der Waals surface area contributed by atoms with Gasteiger partial charge < -0.3 is 10.4 Å². The van der Waals surface area contributed by atoms with E-state index in [1.165, 1.54) is 4.90 Å². The molecule has 122 valence electrons. The summed E-state index contributed by atoms with van der Waals surface area (Å²) in [4.78, 5) is 25.0. The summed E-state index contributed by atoms with van der Waals surface area (Å²) in [5.41, 5.74) is 4.38. The van der Waals surface area contributed by atoms with E-state index in [1.54, 1.807) is 0 Å². The molecule has 3 aliphatic rings. The summed E-state index contributed by atoms with van der Waals surface area (Å²) in [5.74, 6) is -0.203. The van der Waals surface area contributed by atoms with E-state index in [0.717, 1.165) is 28.7 Å². The molecule has 1 heterocycles. The number of benzene rings is 1. The number of allylic oxidation sites excluding steroid dienone is 2. The minimum Gasteiger partial charge on any atom is -0.465 e. The maximum atomic E-state index is 12.5. The van der Waals surface area contributed by atoms with Crippen LogP contribution in [0.1, 0.15) is 18.4 Å². The van der Waals surface area contributed by atoms with Crippen LogP contribution in [0.2, 0.25) is 0 Å². The Hall–Kier alpha value is -2.82. The molecule has 1 fully saturated rings. The van der Waals surface area contributed by atoms with Gasteiger partial charge in [0.1, 0.15) is 6.04 Å². The van der Waals surface area contributed by atoms with Gasteiger partial charge in [0.05, 0.1) is 6.04 Å². The number of carbonyl (C=O) groups is 2. The third-order valence-electron chi connectivity index (χ3n) is 4.89. The molecule has 2 N–H and O–H groups in total. The van der Waals surface area contributed by atoms with E-state index in [4.69, 9.17) is 0 Å². The van der Waals surface area contributed by atoms with E-state index < -0.39 is 12.1 Å². The Morgan fingerprint density at radius 3 is 2.67 bits per heavy atom. The number of nitrogens with one attached hydrogen (secondary N) is 1. The molecule has 1 aliphatic heterocycles. The first-order chi connectivity index (χ1) is 11.6. The van der Waals surface area contributed by atoms with Crippen LogP contribution in [-0.4, -0.2) is 40.6 Å². The molecular formula is C19H18N2O3. The molecule has 2 amide bonds. The quantitative estimate of drug-likeness (QED) is 0.898. The van der Waals surface area contributed by atoms with Crippen molar-refractivity contribution in [1.82, 2.24) is 10.2 Å². The second-order valence-electron chi connectivity index (χ2n) is 6.29. The average Bonchev–Trinajstić information content (AvgIpc) is 3.10. The predicted octanol–water partition coefficient (Wildman–Crippen LogP) is 2.58. The lowest BCUT2D eigenvalue weighted by molar-refractivity contribution is -0.125. The minimum absolute atomic E-state index is 0.131. The molecule has 1 aromatic rings. The predicted molar refractivity (Wildman–Crippen MR) is 90.3 cm³/mol. The number of rotatable bonds is 3. The van der Waals surface area contributed by atoms with Gasteiger partial charge in [0.15, 0.2) is 0 Å². The van der Waals surface area contributed by atoms with Crippen LogP contribution >= 0.6 is 0 Å². The molecule has 5 heteroatoms. The molecule has 24 heavy (non-hydrogen) atoms. The number of fused-ring (bicyclic) bond motifs is 2. The molecule has 2 unspecified atom stereocenters. The molecule has 1 aromatic carbocycles. The smallest absolute Gasteiger partial charge is 0.407 e. The van der Waals surface area contributed by atoms with E-state index in [1.807, 2.05) is 36.4 Å². The summed E-state index contributed by atoms with van der Waals surface area (Å²) in [5, 5.41) is 12.2. The van der Waals surface area contributed by atoms with Gasteiger partial charge in [-0.15, -0.1) is 0 Å². The molecule has 2 bridgehead atoms. The number of carbonyl (C=O) groups excluding carboxylic acids is 1. The second-order valence-corrected chi connectivity index (χ2v) is 6.29. The highest BCUT2D eigenvalue weighted by atomic mass is 16.4. The van der Waals surface area contributed by atoms with Crippen molar-refractivity contribution in [2.75, 3.05) is 6.54 Å². The van der Waals surface area contributed by atoms with Crippen LogP contribution < -0.4 is 5.32 Å². The first-order valence-corrected chi connectivity index (χ1v) is 8.14. The molecule has 4 rings (SSSR count). The Bertz CT molecular complexity index is 789. The fourth-order valence-electron chi connectivity index (χ4n) is 3.63. The third kappa shape index (κ3) is 2.33. The SMILES string of the molecule is O=C(NC1c2ccc(-c3ccccc3)c1c2)C1CCCN1C(=O)O. The van der Waals surface area contributed by atoms with E-state index in [-0.39, 0.29) is 11.9 Å². The highest BCUT2D eigenvalue weighted by Crippen LogP contribution is 2.40. The fourth-order valence-corrected chi connectivity index (χ4v) is 3.63. The van der Waals surface area contributed by atoms with Crippen LogP contribution in [0.4, 0.5) is 4.79 Å². The topological polar surface area (TPSA) is 69.6 Å². The first-order valence-electron chi connectivity index (χ1n) is 8.14. The van der Waals surface area contributed by atoms with Gasteiger partial charge in [0.2, 0.25) is 5.91 Å². The van der Waals surface area contributed by atoms with Crippen LogP contribution in [-0.2, 0) is 4.79 Å². The van der Waals surface area contributed by atoms with Crippen molar-refractivity contribution in [2.45, 2.75) is 24.9 Å². The second kappa shape index (κ2) is 5.67. The lowest BCUT2D eigenvalue weighted by Gasteiger charge is -2.37. The number of amides is 2. The molecule has 0 radical (unpaired) electrons. The number of likely N-dealkylation sites (tertiary alicyclic amines) is 1. The zero-order valence-electron chi connectivity index (χ0n) is 13.1. The molecular weight excluding hydrogens is 304 g/mol. The van der Waals surface area contributed by atoms with E-state index in [0.29, 0.717) is 13.0 Å². The molecule has 2 atom stereocenters. The van der Waals surface area contributed by atoms with Gasteiger partial charge >= 0.3 is 6.09 Å². The van der Waals surface area contributed by atoms with Gasteiger partial charge in [0, 0.05) is 6.54 Å². The highest BCUT2D eigenvalue weighted by molar-refractivity contribution is 5.93. The lowest BCUT2D eigenvalue weighted by atomic mass is 9.75. The van der Waals surface area contributed by atoms with Crippen molar-refractivity contribution >= 4 is 17.6 Å². The number of nitrogens with zero attached hydrogens (tertiary/aromatic N) is 1. The summed E-state index contributed by atoms with van der Waals surface area (Å²) >= 11 is 0. The third-order valence-corrected chi connectivity index (χ3v) is 4.89. The number of carboxylic acid groups (broad SMARTS) is 1. The Labute approximate surface area is 140 Å². The normalized spacial score (nSPS) is 24.5. The highest BCUT2D eigenvalue weighted by Gasteiger charge is 2.38. The molecule has 0 spiro atoms. The summed E-state index contributed by atoms with van der Waals surface area (Å²) in [7, 11) is 0. The monoisotopic (exact) mass is 322 g/mol. The number of hydrogen-bond acceptors (Lipinski definition) is 2. The van der Waals surface area contributed by atoms with E-state index in [2.05, 4.69) is 17.5 Å². The van der Waals surface area contributed by atoms with Gasteiger partial charge in [-0.1, -0.05) is 48.6 Å².